The molecule has 0 spiro atoms. The van der Waals surface area contributed by atoms with Crippen molar-refractivity contribution in [3.05, 3.63) is 36.0 Å². The monoisotopic (exact) mass is 360 g/mol. The van der Waals surface area contributed by atoms with E-state index in [0.717, 1.165) is 36.6 Å². The lowest BCUT2D eigenvalue weighted by molar-refractivity contribution is -0.130. The standard InChI is InChI=1S/C19H21BrO2/c1-18-8-7-16-14(15(18)4-5-17(18)22)3-2-12-10-13(21)6-9-19(12,16)11-20/h2-3,6,9-10,14-16H,4-5,7-8,11H2,1H3/t14-,15-,16-,18-,19+/m0/s1. The molecule has 0 amide bonds. The fraction of sp³-hybridized carbons (Fsp3) is 0.579. The normalized spacial score (nSPS) is 46.1. The van der Waals surface area contributed by atoms with Gasteiger partial charge in [0.25, 0.3) is 0 Å². The van der Waals surface area contributed by atoms with Gasteiger partial charge in [-0.2, -0.15) is 0 Å². The largest absolute Gasteiger partial charge is 0.299 e. The summed E-state index contributed by atoms with van der Waals surface area (Å²) in [4.78, 5) is 24.1. The summed E-state index contributed by atoms with van der Waals surface area (Å²) in [6, 6.07) is 0. The van der Waals surface area contributed by atoms with E-state index < -0.39 is 0 Å². The third-order valence-corrected chi connectivity index (χ3v) is 7.73. The molecule has 0 N–H and O–H groups in total. The van der Waals surface area contributed by atoms with Crippen LogP contribution >= 0.6 is 15.9 Å². The Morgan fingerprint density at radius 1 is 1.23 bits per heavy atom. The van der Waals surface area contributed by atoms with Crippen LogP contribution in [0.15, 0.2) is 36.0 Å². The van der Waals surface area contributed by atoms with Gasteiger partial charge in [0.1, 0.15) is 5.78 Å². The van der Waals surface area contributed by atoms with Gasteiger partial charge in [0, 0.05) is 22.6 Å². The molecule has 0 unspecified atom stereocenters. The van der Waals surface area contributed by atoms with Crippen molar-refractivity contribution in [1.29, 1.82) is 0 Å². The van der Waals surface area contributed by atoms with Crippen LogP contribution in [0.5, 0.6) is 0 Å². The van der Waals surface area contributed by atoms with Crippen molar-refractivity contribution in [1.82, 2.24) is 0 Å². The first kappa shape index (κ1) is 14.6. The number of alkyl halides is 1. The van der Waals surface area contributed by atoms with Gasteiger partial charge in [-0.05, 0) is 54.7 Å². The van der Waals surface area contributed by atoms with Crippen LogP contribution in [0, 0.1) is 28.6 Å². The van der Waals surface area contributed by atoms with Gasteiger partial charge < -0.3 is 0 Å². The zero-order chi connectivity index (χ0) is 15.5. The maximum Gasteiger partial charge on any atom is 0.178 e. The van der Waals surface area contributed by atoms with Crippen LogP contribution in [0.2, 0.25) is 0 Å². The zero-order valence-corrected chi connectivity index (χ0v) is 14.4. The molecule has 3 heteroatoms. The third-order valence-electron chi connectivity index (χ3n) is 6.80. The minimum absolute atomic E-state index is 0.0692. The van der Waals surface area contributed by atoms with Crippen molar-refractivity contribution in [2.24, 2.45) is 28.6 Å². The summed E-state index contributed by atoms with van der Waals surface area (Å²) in [5, 5.41) is 0.846. The number of Topliss-reactive ketones (excluding diaryl/α,β-unsaturated/α-hetero) is 1. The van der Waals surface area contributed by atoms with Gasteiger partial charge in [-0.15, -0.1) is 0 Å². The van der Waals surface area contributed by atoms with E-state index in [0.29, 0.717) is 23.5 Å². The van der Waals surface area contributed by atoms with Crippen LogP contribution in [-0.2, 0) is 9.59 Å². The maximum absolute atomic E-state index is 12.4. The highest BCUT2D eigenvalue weighted by atomic mass is 79.9. The van der Waals surface area contributed by atoms with Crippen molar-refractivity contribution in [3.63, 3.8) is 0 Å². The minimum Gasteiger partial charge on any atom is -0.299 e. The molecular formula is C19H21BrO2. The average Bonchev–Trinajstić information content (AvgIpc) is 2.82. The molecular weight excluding hydrogens is 340 g/mol. The Kier molecular flexibility index (Phi) is 3.17. The second-order valence-corrected chi connectivity index (χ2v) is 8.14. The van der Waals surface area contributed by atoms with E-state index in [-0.39, 0.29) is 16.6 Å². The Morgan fingerprint density at radius 2 is 2.05 bits per heavy atom. The van der Waals surface area contributed by atoms with Gasteiger partial charge in [-0.3, -0.25) is 9.59 Å². The lowest BCUT2D eigenvalue weighted by Gasteiger charge is -2.53. The predicted molar refractivity (Wildman–Crippen MR) is 89.6 cm³/mol. The van der Waals surface area contributed by atoms with E-state index in [1.807, 2.05) is 0 Å². The van der Waals surface area contributed by atoms with Crippen molar-refractivity contribution >= 4 is 27.5 Å². The Hall–Kier alpha value is -0.960. The molecule has 116 valence electrons. The number of hydrogen-bond donors (Lipinski definition) is 0. The lowest BCUT2D eigenvalue weighted by atomic mass is 9.50. The summed E-state index contributed by atoms with van der Waals surface area (Å²) in [7, 11) is 0. The summed E-state index contributed by atoms with van der Waals surface area (Å²) in [6.45, 7) is 2.18. The van der Waals surface area contributed by atoms with E-state index in [4.69, 9.17) is 0 Å². The topological polar surface area (TPSA) is 34.1 Å². The van der Waals surface area contributed by atoms with Gasteiger partial charge in [-0.25, -0.2) is 0 Å². The molecule has 4 rings (SSSR count). The van der Waals surface area contributed by atoms with Crippen LogP contribution in [0.1, 0.15) is 32.6 Å². The minimum atomic E-state index is -0.117. The number of rotatable bonds is 1. The Balaban J connectivity index is 1.80. The van der Waals surface area contributed by atoms with E-state index in [1.54, 1.807) is 12.2 Å². The quantitative estimate of drug-likeness (QED) is 0.662. The molecule has 22 heavy (non-hydrogen) atoms. The molecule has 2 fully saturated rings. The highest BCUT2D eigenvalue weighted by Crippen LogP contribution is 2.62. The molecule has 2 saturated carbocycles. The van der Waals surface area contributed by atoms with E-state index in [2.05, 4.69) is 41.1 Å². The molecule has 0 aromatic rings. The van der Waals surface area contributed by atoms with Crippen LogP contribution in [0.3, 0.4) is 0 Å². The molecule has 0 heterocycles. The van der Waals surface area contributed by atoms with Crippen LogP contribution in [0.25, 0.3) is 0 Å². The molecule has 5 atom stereocenters. The van der Waals surface area contributed by atoms with E-state index in [9.17, 15) is 9.59 Å². The average molecular weight is 361 g/mol. The van der Waals surface area contributed by atoms with Gasteiger partial charge in [0.15, 0.2) is 5.78 Å². The van der Waals surface area contributed by atoms with Crippen molar-refractivity contribution < 1.29 is 9.59 Å². The highest BCUT2D eigenvalue weighted by Gasteiger charge is 2.58. The number of carbonyl (C=O) groups excluding carboxylic acids is 2. The summed E-state index contributed by atoms with van der Waals surface area (Å²) in [5.74, 6) is 1.98. The number of fused-ring (bicyclic) bond motifs is 5. The smallest absolute Gasteiger partial charge is 0.178 e. The molecule has 0 radical (unpaired) electrons. The summed E-state index contributed by atoms with van der Waals surface area (Å²) < 4.78 is 0. The summed E-state index contributed by atoms with van der Waals surface area (Å²) >= 11 is 3.72. The van der Waals surface area contributed by atoms with Crippen LogP contribution < -0.4 is 0 Å². The summed E-state index contributed by atoms with van der Waals surface area (Å²) in [6.07, 6.45) is 13.9. The molecule has 4 aliphatic carbocycles. The Labute approximate surface area is 139 Å². The van der Waals surface area contributed by atoms with Gasteiger partial charge >= 0.3 is 0 Å². The molecule has 2 nitrogen and oxygen atoms in total. The Morgan fingerprint density at radius 3 is 2.82 bits per heavy atom. The predicted octanol–water partition coefficient (Wildman–Crippen LogP) is 4.01. The van der Waals surface area contributed by atoms with Crippen LogP contribution in [0.4, 0.5) is 0 Å². The number of ketones is 2. The maximum atomic E-state index is 12.4. The molecule has 0 aromatic heterocycles. The fourth-order valence-corrected chi connectivity index (χ4v) is 6.40. The zero-order valence-electron chi connectivity index (χ0n) is 12.8. The Bertz CT molecular complexity index is 644. The molecule has 0 aliphatic heterocycles. The first-order valence-corrected chi connectivity index (χ1v) is 9.36. The highest BCUT2D eigenvalue weighted by molar-refractivity contribution is 9.09. The summed E-state index contributed by atoms with van der Waals surface area (Å²) in [5.41, 5.74) is 0.959. The SMILES string of the molecule is C[C@]12CC[C@H]3[C@@H](C=CC4=CC(=O)C=C[C@@]43CBr)[C@@H]1CCC2=O. The number of halogens is 1. The number of allylic oxidation sites excluding steroid dienone is 6. The lowest BCUT2D eigenvalue weighted by Crippen LogP contribution is -2.49. The number of carbonyl (C=O) groups is 2. The van der Waals surface area contributed by atoms with Gasteiger partial charge in [-0.1, -0.05) is 41.1 Å². The molecule has 0 aromatic carbocycles. The van der Waals surface area contributed by atoms with Crippen molar-refractivity contribution in [2.75, 3.05) is 5.33 Å². The van der Waals surface area contributed by atoms with Crippen LogP contribution in [-0.4, -0.2) is 16.9 Å². The molecule has 4 aliphatic rings. The second kappa shape index (κ2) is 4.77. The first-order chi connectivity index (χ1) is 10.5. The third kappa shape index (κ3) is 1.72. The van der Waals surface area contributed by atoms with Gasteiger partial charge in [0.05, 0.1) is 0 Å². The molecule has 0 saturated heterocycles. The van der Waals surface area contributed by atoms with E-state index >= 15 is 0 Å². The van der Waals surface area contributed by atoms with E-state index in [1.165, 1.54) is 0 Å². The number of hydrogen-bond acceptors (Lipinski definition) is 2. The van der Waals surface area contributed by atoms with Gasteiger partial charge in [0.2, 0.25) is 0 Å². The second-order valence-electron chi connectivity index (χ2n) is 7.58. The molecule has 0 bridgehead atoms. The van der Waals surface area contributed by atoms with Crippen molar-refractivity contribution in [2.45, 2.75) is 32.6 Å². The first-order valence-electron chi connectivity index (χ1n) is 8.24. The fourth-order valence-electron chi connectivity index (χ4n) is 5.48. The van der Waals surface area contributed by atoms with Crippen molar-refractivity contribution in [3.8, 4) is 0 Å².